The summed E-state index contributed by atoms with van der Waals surface area (Å²) in [6.07, 6.45) is 0.960. The summed E-state index contributed by atoms with van der Waals surface area (Å²) >= 11 is 1.64. The van der Waals surface area contributed by atoms with Crippen LogP contribution in [-0.4, -0.2) is 20.5 Å². The number of aromatic nitrogens is 3. The Morgan fingerprint density at radius 3 is 2.80 bits per heavy atom. The number of fused-ring (bicyclic) bond motifs is 1. The highest BCUT2D eigenvalue weighted by atomic mass is 32.1. The van der Waals surface area contributed by atoms with Gasteiger partial charge in [-0.05, 0) is 56.3 Å². The minimum absolute atomic E-state index is 0.000223. The van der Waals surface area contributed by atoms with Gasteiger partial charge in [-0.2, -0.15) is 5.10 Å². The molecule has 30 heavy (non-hydrogen) atoms. The highest BCUT2D eigenvalue weighted by molar-refractivity contribution is 7.10. The number of halogens is 1. The van der Waals surface area contributed by atoms with E-state index in [0.717, 1.165) is 21.8 Å². The second-order valence-electron chi connectivity index (χ2n) is 7.38. The fourth-order valence-corrected chi connectivity index (χ4v) is 4.37. The summed E-state index contributed by atoms with van der Waals surface area (Å²) in [5, 5.41) is 9.68. The number of aryl methyl sites for hydroxylation is 2. The average Bonchev–Trinajstić information content (AvgIpc) is 3.38. The zero-order valence-electron chi connectivity index (χ0n) is 17.1. The first-order valence-electron chi connectivity index (χ1n) is 9.87. The number of benzene rings is 1. The molecule has 0 aliphatic heterocycles. The maximum Gasteiger partial charge on any atom is 0.220 e. The predicted octanol–water partition coefficient (Wildman–Crippen LogP) is 5.02. The van der Waals surface area contributed by atoms with E-state index in [1.807, 2.05) is 50.4 Å². The molecular weight excluding hydrogens is 399 g/mol. The van der Waals surface area contributed by atoms with E-state index >= 15 is 0 Å². The SMILES string of the molecule is Cc1nc2cc(-c3cccc(F)c3)nn2c(C)c1CCC(=O)N[C@@H](C)c1cccs1. The molecule has 3 heterocycles. The maximum absolute atomic E-state index is 13.6. The lowest BCUT2D eigenvalue weighted by Gasteiger charge is -2.14. The number of hydrogen-bond donors (Lipinski definition) is 1. The third-order valence-corrected chi connectivity index (χ3v) is 6.29. The molecule has 5 nitrogen and oxygen atoms in total. The van der Waals surface area contributed by atoms with Crippen molar-refractivity contribution in [1.29, 1.82) is 0 Å². The molecular formula is C23H23FN4OS. The average molecular weight is 423 g/mol. The third-order valence-electron chi connectivity index (χ3n) is 5.23. The number of amides is 1. The zero-order valence-corrected chi connectivity index (χ0v) is 18.0. The molecule has 0 bridgehead atoms. The first-order chi connectivity index (χ1) is 14.4. The summed E-state index contributed by atoms with van der Waals surface area (Å²) in [5.41, 5.74) is 4.92. The van der Waals surface area contributed by atoms with Gasteiger partial charge in [-0.15, -0.1) is 11.3 Å². The molecule has 1 amide bonds. The predicted molar refractivity (Wildman–Crippen MR) is 117 cm³/mol. The summed E-state index contributed by atoms with van der Waals surface area (Å²) in [4.78, 5) is 18.2. The number of nitrogens with one attached hydrogen (secondary N) is 1. The Morgan fingerprint density at radius 1 is 1.23 bits per heavy atom. The lowest BCUT2D eigenvalue weighted by Crippen LogP contribution is -2.26. The van der Waals surface area contributed by atoms with Crippen LogP contribution in [0.5, 0.6) is 0 Å². The van der Waals surface area contributed by atoms with Crippen molar-refractivity contribution in [1.82, 2.24) is 19.9 Å². The van der Waals surface area contributed by atoms with Gasteiger partial charge in [0.25, 0.3) is 0 Å². The summed E-state index contributed by atoms with van der Waals surface area (Å²) in [5.74, 6) is -0.287. The van der Waals surface area contributed by atoms with E-state index in [1.54, 1.807) is 21.9 Å². The van der Waals surface area contributed by atoms with Gasteiger partial charge in [0, 0.05) is 34.3 Å². The molecule has 3 aromatic heterocycles. The highest BCUT2D eigenvalue weighted by Gasteiger charge is 2.16. The topological polar surface area (TPSA) is 59.3 Å². The first kappa shape index (κ1) is 20.2. The van der Waals surface area contributed by atoms with Crippen LogP contribution >= 0.6 is 11.3 Å². The molecule has 0 saturated carbocycles. The van der Waals surface area contributed by atoms with E-state index in [2.05, 4.69) is 15.4 Å². The van der Waals surface area contributed by atoms with Crippen LogP contribution < -0.4 is 5.32 Å². The highest BCUT2D eigenvalue weighted by Crippen LogP contribution is 2.23. The Hall–Kier alpha value is -3.06. The van der Waals surface area contributed by atoms with Crippen molar-refractivity contribution in [3.05, 3.63) is 75.5 Å². The van der Waals surface area contributed by atoms with Crippen LogP contribution in [0.2, 0.25) is 0 Å². The molecule has 0 radical (unpaired) electrons. The van der Waals surface area contributed by atoms with E-state index < -0.39 is 0 Å². The Bertz CT molecular complexity index is 1200. The van der Waals surface area contributed by atoms with Crippen LogP contribution in [-0.2, 0) is 11.2 Å². The summed E-state index contributed by atoms with van der Waals surface area (Å²) in [6.45, 7) is 5.92. The van der Waals surface area contributed by atoms with Crippen LogP contribution in [0.25, 0.3) is 16.9 Å². The number of carbonyl (C=O) groups is 1. The van der Waals surface area contributed by atoms with Crippen LogP contribution in [0, 0.1) is 19.7 Å². The van der Waals surface area contributed by atoms with Crippen molar-refractivity contribution in [2.24, 2.45) is 0 Å². The van der Waals surface area contributed by atoms with Gasteiger partial charge in [0.15, 0.2) is 5.65 Å². The van der Waals surface area contributed by atoms with Crippen LogP contribution in [0.3, 0.4) is 0 Å². The van der Waals surface area contributed by atoms with Crippen LogP contribution in [0.15, 0.2) is 47.8 Å². The molecule has 154 valence electrons. The van der Waals surface area contributed by atoms with Gasteiger partial charge in [0.1, 0.15) is 5.82 Å². The molecule has 4 aromatic rings. The number of rotatable bonds is 6. The minimum Gasteiger partial charge on any atom is -0.349 e. The van der Waals surface area contributed by atoms with Gasteiger partial charge in [-0.1, -0.05) is 18.2 Å². The molecule has 1 N–H and O–H groups in total. The summed E-state index contributed by atoms with van der Waals surface area (Å²) < 4.78 is 15.4. The van der Waals surface area contributed by atoms with Gasteiger partial charge in [-0.3, -0.25) is 4.79 Å². The van der Waals surface area contributed by atoms with Crippen molar-refractivity contribution in [3.8, 4) is 11.3 Å². The molecule has 0 fully saturated rings. The molecule has 1 aromatic carbocycles. The number of thiophene rings is 1. The second-order valence-corrected chi connectivity index (χ2v) is 8.35. The molecule has 4 rings (SSSR count). The Balaban J connectivity index is 1.53. The lowest BCUT2D eigenvalue weighted by molar-refractivity contribution is -0.121. The molecule has 0 saturated heterocycles. The van der Waals surface area contributed by atoms with E-state index in [0.29, 0.717) is 29.7 Å². The lowest BCUT2D eigenvalue weighted by atomic mass is 10.1. The second kappa shape index (κ2) is 8.36. The van der Waals surface area contributed by atoms with Crippen LogP contribution in [0.4, 0.5) is 4.39 Å². The largest absolute Gasteiger partial charge is 0.349 e. The number of carbonyl (C=O) groups excluding carboxylic acids is 1. The van der Waals surface area contributed by atoms with Gasteiger partial charge in [0.2, 0.25) is 5.91 Å². The van der Waals surface area contributed by atoms with Gasteiger partial charge < -0.3 is 5.32 Å². The van der Waals surface area contributed by atoms with Crippen molar-refractivity contribution in [2.45, 2.75) is 39.7 Å². The molecule has 0 aliphatic carbocycles. The molecule has 1 atom stereocenters. The van der Waals surface area contributed by atoms with Crippen LogP contribution in [0.1, 0.15) is 41.2 Å². The molecule has 0 spiro atoms. The number of hydrogen-bond acceptors (Lipinski definition) is 4. The minimum atomic E-state index is -0.297. The van der Waals surface area contributed by atoms with E-state index in [-0.39, 0.29) is 17.8 Å². The van der Waals surface area contributed by atoms with Crippen molar-refractivity contribution in [2.75, 3.05) is 0 Å². The van der Waals surface area contributed by atoms with E-state index in [1.165, 1.54) is 12.1 Å². The van der Waals surface area contributed by atoms with E-state index in [9.17, 15) is 9.18 Å². The maximum atomic E-state index is 13.6. The van der Waals surface area contributed by atoms with Gasteiger partial charge >= 0.3 is 0 Å². The van der Waals surface area contributed by atoms with Gasteiger partial charge in [-0.25, -0.2) is 13.9 Å². The smallest absolute Gasteiger partial charge is 0.220 e. The Labute approximate surface area is 178 Å². The molecule has 0 unspecified atom stereocenters. The normalized spacial score (nSPS) is 12.3. The zero-order chi connectivity index (χ0) is 21.3. The van der Waals surface area contributed by atoms with E-state index in [4.69, 9.17) is 0 Å². The monoisotopic (exact) mass is 422 g/mol. The summed E-state index contributed by atoms with van der Waals surface area (Å²) in [6, 6.07) is 12.2. The third kappa shape index (κ3) is 4.11. The summed E-state index contributed by atoms with van der Waals surface area (Å²) in [7, 11) is 0. The molecule has 7 heteroatoms. The Kier molecular flexibility index (Phi) is 5.63. The molecule has 0 aliphatic rings. The first-order valence-corrected chi connectivity index (χ1v) is 10.7. The fourth-order valence-electron chi connectivity index (χ4n) is 3.64. The number of nitrogens with zero attached hydrogens (tertiary/aromatic N) is 3. The van der Waals surface area contributed by atoms with Crippen molar-refractivity contribution in [3.63, 3.8) is 0 Å². The van der Waals surface area contributed by atoms with Crippen molar-refractivity contribution < 1.29 is 9.18 Å². The Morgan fingerprint density at radius 2 is 2.07 bits per heavy atom. The standard InChI is InChI=1S/C23H23FN4OS/c1-14-19(9-10-23(29)26-15(2)21-8-5-11-30-21)16(3)28-22(25-14)13-20(27-28)17-6-4-7-18(24)12-17/h4-8,11-13,15H,9-10H2,1-3H3,(H,26,29)/t15-/m0/s1. The fraction of sp³-hybridized carbons (Fsp3) is 0.261. The van der Waals surface area contributed by atoms with Crippen molar-refractivity contribution >= 4 is 22.9 Å². The quantitative estimate of drug-likeness (QED) is 0.474. The van der Waals surface area contributed by atoms with Gasteiger partial charge in [0.05, 0.1) is 11.7 Å².